The third-order valence-corrected chi connectivity index (χ3v) is 4.71. The molecule has 0 aromatic heterocycles. The Morgan fingerprint density at radius 2 is 1.27 bits per heavy atom. The first kappa shape index (κ1) is 17.1. The van der Waals surface area contributed by atoms with Gasteiger partial charge in [0, 0.05) is 10.4 Å². The molecule has 1 nitrogen and oxygen atoms in total. The van der Waals surface area contributed by atoms with Gasteiger partial charge in [0.15, 0.2) is 0 Å². The van der Waals surface area contributed by atoms with Gasteiger partial charge in [-0.2, -0.15) is 0 Å². The van der Waals surface area contributed by atoms with Crippen LogP contribution < -0.4 is 5.32 Å². The van der Waals surface area contributed by atoms with E-state index in [9.17, 15) is 0 Å². The van der Waals surface area contributed by atoms with Gasteiger partial charge in [-0.05, 0) is 56.1 Å². The molecule has 0 spiro atoms. The molecular formula is C20H26ClN. The second kappa shape index (κ2) is 7.80. The highest BCUT2D eigenvalue weighted by Crippen LogP contribution is 2.40. The molecule has 0 aliphatic carbocycles. The standard InChI is InChI=1S/C18H20ClN.C2H6/c1-14-2-4-15(5-3-14)18(10-12-20-13-11-18)16-6-8-17(19)9-7-16;1-2/h2-9,20H,10-13H2,1H3;1-2H3. The van der Waals surface area contributed by atoms with Crippen LogP contribution in [0.5, 0.6) is 0 Å². The van der Waals surface area contributed by atoms with Crippen molar-refractivity contribution in [1.29, 1.82) is 0 Å². The highest BCUT2D eigenvalue weighted by molar-refractivity contribution is 6.30. The van der Waals surface area contributed by atoms with Crippen molar-refractivity contribution < 1.29 is 0 Å². The van der Waals surface area contributed by atoms with Crippen LogP contribution in [0.2, 0.25) is 5.02 Å². The summed E-state index contributed by atoms with van der Waals surface area (Å²) in [4.78, 5) is 0. The Labute approximate surface area is 139 Å². The summed E-state index contributed by atoms with van der Waals surface area (Å²) < 4.78 is 0. The van der Waals surface area contributed by atoms with E-state index in [-0.39, 0.29) is 5.41 Å². The third-order valence-electron chi connectivity index (χ3n) is 4.46. The summed E-state index contributed by atoms with van der Waals surface area (Å²) in [7, 11) is 0. The van der Waals surface area contributed by atoms with Crippen LogP contribution in [0.3, 0.4) is 0 Å². The van der Waals surface area contributed by atoms with Crippen LogP contribution in [0.15, 0.2) is 48.5 Å². The molecule has 0 amide bonds. The molecule has 1 N–H and O–H groups in total. The highest BCUT2D eigenvalue weighted by atomic mass is 35.5. The van der Waals surface area contributed by atoms with E-state index in [4.69, 9.17) is 11.6 Å². The first-order chi connectivity index (χ1) is 10.7. The van der Waals surface area contributed by atoms with Crippen molar-refractivity contribution in [2.75, 3.05) is 13.1 Å². The summed E-state index contributed by atoms with van der Waals surface area (Å²) in [6.45, 7) is 8.27. The molecule has 2 aromatic carbocycles. The zero-order chi connectivity index (χ0) is 16.0. The monoisotopic (exact) mass is 315 g/mol. The van der Waals surface area contributed by atoms with Gasteiger partial charge in [-0.1, -0.05) is 67.4 Å². The minimum atomic E-state index is 0.129. The average Bonchev–Trinajstić information content (AvgIpc) is 2.58. The Hall–Kier alpha value is -1.31. The number of aryl methyl sites for hydroxylation is 1. The maximum atomic E-state index is 6.05. The van der Waals surface area contributed by atoms with Gasteiger partial charge in [0.25, 0.3) is 0 Å². The van der Waals surface area contributed by atoms with Crippen molar-refractivity contribution in [3.8, 4) is 0 Å². The SMILES string of the molecule is CC.Cc1ccc(C2(c3ccc(Cl)cc3)CCNCC2)cc1. The number of piperidine rings is 1. The average molecular weight is 316 g/mol. The van der Waals surface area contributed by atoms with Crippen LogP contribution in [-0.4, -0.2) is 13.1 Å². The molecule has 0 radical (unpaired) electrons. The fraction of sp³-hybridized carbons (Fsp3) is 0.400. The molecule has 0 atom stereocenters. The van der Waals surface area contributed by atoms with E-state index in [1.165, 1.54) is 16.7 Å². The van der Waals surface area contributed by atoms with Gasteiger partial charge < -0.3 is 5.32 Å². The Morgan fingerprint density at radius 3 is 1.77 bits per heavy atom. The van der Waals surface area contributed by atoms with E-state index in [1.54, 1.807) is 0 Å². The van der Waals surface area contributed by atoms with E-state index in [0.717, 1.165) is 31.0 Å². The topological polar surface area (TPSA) is 12.0 Å². The van der Waals surface area contributed by atoms with Gasteiger partial charge in [0.2, 0.25) is 0 Å². The molecule has 0 saturated carbocycles. The number of halogens is 1. The fourth-order valence-corrected chi connectivity index (χ4v) is 3.37. The Kier molecular flexibility index (Phi) is 6.05. The van der Waals surface area contributed by atoms with E-state index < -0.39 is 0 Å². The van der Waals surface area contributed by atoms with Crippen molar-refractivity contribution in [3.05, 3.63) is 70.2 Å². The van der Waals surface area contributed by atoms with Crippen LogP contribution >= 0.6 is 11.6 Å². The number of benzene rings is 2. The first-order valence-corrected chi connectivity index (χ1v) is 8.62. The molecule has 3 rings (SSSR count). The predicted molar refractivity (Wildman–Crippen MR) is 96.9 cm³/mol. The lowest BCUT2D eigenvalue weighted by Gasteiger charge is -2.39. The molecule has 1 aliphatic heterocycles. The Bertz CT molecular complexity index is 518. The maximum absolute atomic E-state index is 6.05. The molecule has 2 heteroatoms. The summed E-state index contributed by atoms with van der Waals surface area (Å²) in [5.74, 6) is 0. The Balaban J connectivity index is 0.000000847. The molecule has 1 saturated heterocycles. The smallest absolute Gasteiger partial charge is 0.0406 e. The zero-order valence-electron chi connectivity index (χ0n) is 13.8. The van der Waals surface area contributed by atoms with Crippen molar-refractivity contribution >= 4 is 11.6 Å². The molecule has 1 heterocycles. The van der Waals surface area contributed by atoms with Gasteiger partial charge in [0.1, 0.15) is 0 Å². The van der Waals surface area contributed by atoms with Gasteiger partial charge >= 0.3 is 0 Å². The summed E-state index contributed by atoms with van der Waals surface area (Å²) in [5, 5.41) is 4.28. The number of nitrogens with one attached hydrogen (secondary N) is 1. The second-order valence-electron chi connectivity index (χ2n) is 5.71. The van der Waals surface area contributed by atoms with Crippen LogP contribution in [0, 0.1) is 6.92 Å². The Morgan fingerprint density at radius 1 is 0.818 bits per heavy atom. The molecule has 0 unspecified atom stereocenters. The lowest BCUT2D eigenvalue weighted by molar-refractivity contribution is 0.362. The van der Waals surface area contributed by atoms with Crippen molar-refractivity contribution in [2.24, 2.45) is 0 Å². The summed E-state index contributed by atoms with van der Waals surface area (Å²) in [6, 6.07) is 17.4. The molecule has 22 heavy (non-hydrogen) atoms. The van der Waals surface area contributed by atoms with Crippen LogP contribution in [0.1, 0.15) is 43.4 Å². The normalized spacial score (nSPS) is 16.5. The minimum absolute atomic E-state index is 0.129. The number of hydrogen-bond acceptors (Lipinski definition) is 1. The summed E-state index contributed by atoms with van der Waals surface area (Å²) >= 11 is 6.05. The molecular weight excluding hydrogens is 290 g/mol. The lowest BCUT2D eigenvalue weighted by atomic mass is 9.68. The number of hydrogen-bond donors (Lipinski definition) is 1. The summed E-state index contributed by atoms with van der Waals surface area (Å²) in [5.41, 5.74) is 4.25. The van der Waals surface area contributed by atoms with Gasteiger partial charge in [-0.3, -0.25) is 0 Å². The highest BCUT2D eigenvalue weighted by Gasteiger charge is 2.35. The quantitative estimate of drug-likeness (QED) is 0.788. The molecule has 1 aliphatic rings. The van der Waals surface area contributed by atoms with Crippen LogP contribution in [-0.2, 0) is 5.41 Å². The molecule has 1 fully saturated rings. The third kappa shape index (κ3) is 3.53. The zero-order valence-corrected chi connectivity index (χ0v) is 14.6. The van der Waals surface area contributed by atoms with E-state index in [1.807, 2.05) is 26.0 Å². The van der Waals surface area contributed by atoms with E-state index >= 15 is 0 Å². The predicted octanol–water partition coefficient (Wildman–Crippen LogP) is 5.34. The summed E-state index contributed by atoms with van der Waals surface area (Å²) in [6.07, 6.45) is 2.27. The molecule has 2 aromatic rings. The van der Waals surface area contributed by atoms with Crippen LogP contribution in [0.4, 0.5) is 0 Å². The van der Waals surface area contributed by atoms with Crippen molar-refractivity contribution in [3.63, 3.8) is 0 Å². The number of rotatable bonds is 2. The minimum Gasteiger partial charge on any atom is -0.317 e. The fourth-order valence-electron chi connectivity index (χ4n) is 3.24. The molecule has 0 bridgehead atoms. The molecule has 118 valence electrons. The largest absolute Gasteiger partial charge is 0.317 e. The maximum Gasteiger partial charge on any atom is 0.0406 e. The van der Waals surface area contributed by atoms with Crippen molar-refractivity contribution in [1.82, 2.24) is 5.32 Å². The van der Waals surface area contributed by atoms with Gasteiger partial charge in [0.05, 0.1) is 0 Å². The van der Waals surface area contributed by atoms with E-state index in [0.29, 0.717) is 0 Å². The van der Waals surface area contributed by atoms with Crippen molar-refractivity contribution in [2.45, 2.75) is 39.0 Å². The van der Waals surface area contributed by atoms with E-state index in [2.05, 4.69) is 48.6 Å². The van der Waals surface area contributed by atoms with Gasteiger partial charge in [-0.15, -0.1) is 0 Å². The first-order valence-electron chi connectivity index (χ1n) is 8.25. The van der Waals surface area contributed by atoms with Crippen LogP contribution in [0.25, 0.3) is 0 Å². The lowest BCUT2D eigenvalue weighted by Crippen LogP contribution is -2.40. The van der Waals surface area contributed by atoms with Gasteiger partial charge in [-0.25, -0.2) is 0 Å². The second-order valence-corrected chi connectivity index (χ2v) is 6.14.